The van der Waals surface area contributed by atoms with E-state index in [1.807, 2.05) is 20.8 Å². The Labute approximate surface area is 90.3 Å². The number of aromatic nitrogens is 3. The van der Waals surface area contributed by atoms with E-state index in [0.29, 0.717) is 25.1 Å². The van der Waals surface area contributed by atoms with Crippen LogP contribution in [0, 0.1) is 0 Å². The lowest BCUT2D eigenvalue weighted by molar-refractivity contribution is 0.0850. The van der Waals surface area contributed by atoms with Crippen LogP contribution in [0.5, 0.6) is 0 Å². The summed E-state index contributed by atoms with van der Waals surface area (Å²) in [4.78, 5) is 0. The number of rotatable bonds is 7. The molecule has 1 heterocycles. The summed E-state index contributed by atoms with van der Waals surface area (Å²) in [5, 5.41) is 10.9. The molecule has 86 valence electrons. The molecule has 0 aromatic carbocycles. The minimum atomic E-state index is -2.82. The maximum atomic E-state index is 5.63. The molecular weight excluding hydrogens is 214 g/mol. The van der Waals surface area contributed by atoms with Crippen molar-refractivity contribution in [1.29, 1.82) is 0 Å². The predicted octanol–water partition coefficient (Wildman–Crippen LogP) is 0.0601. The van der Waals surface area contributed by atoms with Gasteiger partial charge in [0.25, 0.3) is 0 Å². The number of hydrogen-bond acceptors (Lipinski definition) is 5. The van der Waals surface area contributed by atoms with Crippen molar-refractivity contribution in [3.05, 3.63) is 6.20 Å². The van der Waals surface area contributed by atoms with Gasteiger partial charge in [-0.15, -0.1) is 0 Å². The third-order valence-corrected chi connectivity index (χ3v) is 4.61. The Bertz CT molecular complexity index is 251. The van der Waals surface area contributed by atoms with Crippen LogP contribution in [0.4, 0.5) is 0 Å². The van der Waals surface area contributed by atoms with Crippen LogP contribution in [0.3, 0.4) is 0 Å². The third kappa shape index (κ3) is 2.85. The Kier molecular flexibility index (Phi) is 4.89. The maximum absolute atomic E-state index is 5.63. The summed E-state index contributed by atoms with van der Waals surface area (Å²) in [6.07, 6.45) is 1.59. The van der Waals surface area contributed by atoms with Crippen LogP contribution in [-0.2, 0) is 13.3 Å². The first kappa shape index (κ1) is 12.3. The quantitative estimate of drug-likeness (QED) is 0.672. The van der Waals surface area contributed by atoms with Gasteiger partial charge in [0, 0.05) is 19.8 Å². The molecule has 0 saturated heterocycles. The predicted molar refractivity (Wildman–Crippen MR) is 56.6 cm³/mol. The van der Waals surface area contributed by atoms with E-state index in [0.717, 1.165) is 0 Å². The topological polar surface area (TPSA) is 69.3 Å². The molecule has 1 aromatic rings. The summed E-state index contributed by atoms with van der Waals surface area (Å²) in [5.74, 6) is 0. The Morgan fingerprint density at radius 3 is 2.00 bits per heavy atom. The van der Waals surface area contributed by atoms with Gasteiger partial charge in [0.1, 0.15) is 0 Å². The van der Waals surface area contributed by atoms with Gasteiger partial charge < -0.3 is 13.3 Å². The van der Waals surface area contributed by atoms with Gasteiger partial charge >= 0.3 is 8.80 Å². The van der Waals surface area contributed by atoms with E-state index in [1.165, 1.54) is 0 Å². The highest BCUT2D eigenvalue weighted by atomic mass is 28.4. The monoisotopic (exact) mass is 231 g/mol. The molecule has 0 radical (unpaired) electrons. The van der Waals surface area contributed by atoms with Crippen LogP contribution in [0.25, 0.3) is 0 Å². The van der Waals surface area contributed by atoms with Crippen molar-refractivity contribution in [1.82, 2.24) is 15.4 Å². The minimum absolute atomic E-state index is 0.527. The molecule has 7 heteroatoms. The molecular formula is C8H17N3O3Si. The van der Waals surface area contributed by atoms with E-state index in [-0.39, 0.29) is 0 Å². The lowest BCUT2D eigenvalue weighted by Crippen LogP contribution is -2.57. The molecule has 0 bridgehead atoms. The Morgan fingerprint density at radius 2 is 1.67 bits per heavy atom. The lowest BCUT2D eigenvalue weighted by atomic mass is 10.9. The van der Waals surface area contributed by atoms with E-state index in [2.05, 4.69) is 15.4 Å². The zero-order valence-corrected chi connectivity index (χ0v) is 10.3. The summed E-state index contributed by atoms with van der Waals surface area (Å²) in [6, 6.07) is 0. The molecule has 1 aromatic heterocycles. The van der Waals surface area contributed by atoms with Crippen LogP contribution in [0.15, 0.2) is 6.20 Å². The molecule has 0 aliphatic heterocycles. The van der Waals surface area contributed by atoms with E-state index in [9.17, 15) is 0 Å². The Balaban J connectivity index is 2.90. The highest BCUT2D eigenvalue weighted by molar-refractivity contribution is 6.74. The third-order valence-electron chi connectivity index (χ3n) is 1.73. The molecule has 0 aliphatic carbocycles. The van der Waals surface area contributed by atoms with Crippen molar-refractivity contribution in [3.63, 3.8) is 0 Å². The number of nitrogens with zero attached hydrogens (tertiary/aromatic N) is 2. The van der Waals surface area contributed by atoms with Crippen molar-refractivity contribution in [2.24, 2.45) is 0 Å². The first-order valence-corrected chi connectivity index (χ1v) is 6.79. The van der Waals surface area contributed by atoms with Gasteiger partial charge in [-0.3, -0.25) is 0 Å². The van der Waals surface area contributed by atoms with Crippen molar-refractivity contribution in [3.8, 4) is 0 Å². The molecule has 15 heavy (non-hydrogen) atoms. The second kappa shape index (κ2) is 5.96. The molecule has 0 spiro atoms. The van der Waals surface area contributed by atoms with E-state index >= 15 is 0 Å². The molecule has 0 fully saturated rings. The van der Waals surface area contributed by atoms with Crippen LogP contribution in [0.2, 0.25) is 0 Å². The maximum Gasteiger partial charge on any atom is 0.560 e. The van der Waals surface area contributed by atoms with Crippen molar-refractivity contribution in [2.45, 2.75) is 20.8 Å². The molecule has 6 nitrogen and oxygen atoms in total. The Hall–Kier alpha value is -0.763. The molecule has 0 aliphatic rings. The fourth-order valence-corrected chi connectivity index (χ4v) is 3.51. The molecule has 1 N–H and O–H groups in total. The molecule has 0 unspecified atom stereocenters. The van der Waals surface area contributed by atoms with Crippen LogP contribution >= 0.6 is 0 Å². The van der Waals surface area contributed by atoms with E-state index in [4.69, 9.17) is 13.3 Å². The standard InChI is InChI=1S/C8H17N3O3Si/c1-4-12-15(13-5-2,14-6-3)8-7-9-11-10-8/h7H,4-6H2,1-3H3,(H,9,10,11). The number of H-pyrrole nitrogens is 1. The summed E-state index contributed by atoms with van der Waals surface area (Å²) in [7, 11) is -2.82. The van der Waals surface area contributed by atoms with Gasteiger partial charge in [-0.1, -0.05) is 0 Å². The van der Waals surface area contributed by atoms with E-state index < -0.39 is 8.80 Å². The fraction of sp³-hybridized carbons (Fsp3) is 0.750. The second-order valence-electron chi connectivity index (χ2n) is 2.71. The SMILES string of the molecule is CCO[Si](OCC)(OCC)c1cn[nH]n1. The minimum Gasteiger partial charge on any atom is -0.369 e. The fourth-order valence-electron chi connectivity index (χ4n) is 1.27. The van der Waals surface area contributed by atoms with Gasteiger partial charge in [-0.2, -0.15) is 15.4 Å². The smallest absolute Gasteiger partial charge is 0.369 e. The van der Waals surface area contributed by atoms with Gasteiger partial charge in [-0.05, 0) is 20.8 Å². The summed E-state index contributed by atoms with van der Waals surface area (Å²) < 4.78 is 16.9. The van der Waals surface area contributed by atoms with Crippen molar-refractivity contribution in [2.75, 3.05) is 19.8 Å². The van der Waals surface area contributed by atoms with Crippen molar-refractivity contribution < 1.29 is 13.3 Å². The highest BCUT2D eigenvalue weighted by Crippen LogP contribution is 2.08. The highest BCUT2D eigenvalue weighted by Gasteiger charge is 2.46. The van der Waals surface area contributed by atoms with Gasteiger partial charge in [0.2, 0.25) is 0 Å². The van der Waals surface area contributed by atoms with Crippen LogP contribution in [-0.4, -0.2) is 44.0 Å². The van der Waals surface area contributed by atoms with E-state index in [1.54, 1.807) is 6.20 Å². The molecule has 0 saturated carbocycles. The first-order valence-electron chi connectivity index (χ1n) is 5.07. The average molecular weight is 231 g/mol. The van der Waals surface area contributed by atoms with Gasteiger partial charge in [0.15, 0.2) is 5.32 Å². The average Bonchev–Trinajstić information content (AvgIpc) is 2.72. The second-order valence-corrected chi connectivity index (χ2v) is 5.20. The number of hydrogen-bond donors (Lipinski definition) is 1. The largest absolute Gasteiger partial charge is 0.560 e. The summed E-state index contributed by atoms with van der Waals surface area (Å²) >= 11 is 0. The molecule has 0 amide bonds. The zero-order chi connectivity index (χ0) is 11.1. The normalized spacial score (nSPS) is 11.9. The number of aromatic amines is 1. The first-order chi connectivity index (χ1) is 7.29. The zero-order valence-electron chi connectivity index (χ0n) is 9.32. The Morgan fingerprint density at radius 1 is 1.13 bits per heavy atom. The lowest BCUT2D eigenvalue weighted by Gasteiger charge is -2.25. The molecule has 0 atom stereocenters. The van der Waals surface area contributed by atoms with Gasteiger partial charge in [-0.25, -0.2) is 0 Å². The van der Waals surface area contributed by atoms with Crippen LogP contribution in [0.1, 0.15) is 20.8 Å². The molecule has 1 rings (SSSR count). The van der Waals surface area contributed by atoms with Gasteiger partial charge in [0.05, 0.1) is 6.20 Å². The summed E-state index contributed by atoms with van der Waals surface area (Å²) in [6.45, 7) is 7.29. The van der Waals surface area contributed by atoms with Crippen molar-refractivity contribution >= 4 is 14.1 Å². The summed E-state index contributed by atoms with van der Waals surface area (Å²) in [5.41, 5.74) is 0. The number of nitrogens with one attached hydrogen (secondary N) is 1. The van der Waals surface area contributed by atoms with Crippen LogP contribution < -0.4 is 5.32 Å².